The zero-order valence-corrected chi connectivity index (χ0v) is 36.4. The molecule has 7 aliphatic heterocycles. The Kier molecular flexibility index (Phi) is 10.9. The number of aryl methyl sites for hydroxylation is 1. The number of phenols is 2. The number of carbonyl (C=O) groups is 2. The topological polar surface area (TPSA) is 172 Å². The molecule has 3 N–H and O–H groups in total. The number of methoxy groups -OCH3 is 2. The molecule has 14 nitrogen and oxygen atoms in total. The third-order valence-electron chi connectivity index (χ3n) is 13.9. The number of rotatable bonds is 9. The SMILES string of the molecule is CCCCCCCC(=O)Oc1c(C)c2c(c3c1[C@H]1SC[C@]4(NCCc5cc(O)c(OC)cc54)C(=O)OC[C@@H]3N3C1[C@@H]1c4c(cc(C)c(OC)c4O)C[C@@H]([C@@H]3C#N)N1C)OCO2. The van der Waals surface area contributed by atoms with Crippen LogP contribution in [0.4, 0.5) is 0 Å². The molecule has 0 amide bonds. The van der Waals surface area contributed by atoms with Crippen molar-refractivity contribution in [2.45, 2.75) is 113 Å². The van der Waals surface area contributed by atoms with Crippen LogP contribution in [-0.2, 0) is 32.7 Å². The highest BCUT2D eigenvalue weighted by Crippen LogP contribution is 2.64. The number of carbonyl (C=O) groups excluding carboxylic acids is 2. The second-order valence-corrected chi connectivity index (χ2v) is 18.3. The molecule has 1 spiro atoms. The maximum Gasteiger partial charge on any atom is 0.331 e. The van der Waals surface area contributed by atoms with Gasteiger partial charge < -0.3 is 38.6 Å². The minimum absolute atomic E-state index is 0.0186. The Morgan fingerprint density at radius 3 is 2.56 bits per heavy atom. The smallest absolute Gasteiger partial charge is 0.331 e. The van der Waals surface area contributed by atoms with Gasteiger partial charge in [0.05, 0.1) is 37.6 Å². The van der Waals surface area contributed by atoms with Gasteiger partial charge >= 0.3 is 11.9 Å². The van der Waals surface area contributed by atoms with Crippen LogP contribution < -0.4 is 29.0 Å². The van der Waals surface area contributed by atoms with E-state index in [1.54, 1.807) is 19.2 Å². The van der Waals surface area contributed by atoms with E-state index in [4.69, 9.17) is 28.4 Å². The number of likely N-dealkylation sites (N-methyl/N-ethyl adjacent to an activating group) is 1. The first kappa shape index (κ1) is 41.5. The Bertz CT molecular complexity index is 2330. The Morgan fingerprint density at radius 2 is 1.80 bits per heavy atom. The number of nitrogens with zero attached hydrogens (tertiary/aromatic N) is 3. The van der Waals surface area contributed by atoms with Gasteiger partial charge in [0.25, 0.3) is 0 Å². The van der Waals surface area contributed by atoms with Crippen LogP contribution in [0.1, 0.15) is 107 Å². The lowest BCUT2D eigenvalue weighted by Gasteiger charge is -2.62. The van der Waals surface area contributed by atoms with Gasteiger partial charge in [-0.2, -0.15) is 5.26 Å². The molecule has 10 rings (SSSR count). The molecule has 1 unspecified atom stereocenters. The van der Waals surface area contributed by atoms with Crippen LogP contribution in [0.2, 0.25) is 0 Å². The third kappa shape index (κ3) is 6.38. The highest BCUT2D eigenvalue weighted by Gasteiger charge is 2.62. The zero-order valence-electron chi connectivity index (χ0n) is 35.6. The predicted octanol–water partition coefficient (Wildman–Crippen LogP) is 6.33. The number of thioether (sulfide) groups is 1. The maximum atomic E-state index is 14.9. The van der Waals surface area contributed by atoms with Crippen molar-refractivity contribution in [3.8, 4) is 46.3 Å². The van der Waals surface area contributed by atoms with Gasteiger partial charge in [-0.25, -0.2) is 4.79 Å². The van der Waals surface area contributed by atoms with E-state index in [9.17, 15) is 25.1 Å². The number of esters is 2. The first-order chi connectivity index (χ1) is 29.5. The van der Waals surface area contributed by atoms with Crippen LogP contribution in [-0.4, -0.2) is 97.0 Å². The van der Waals surface area contributed by atoms with Gasteiger partial charge in [0, 0.05) is 53.1 Å². The van der Waals surface area contributed by atoms with Gasteiger partial charge in [0.1, 0.15) is 18.4 Å². The second-order valence-electron chi connectivity index (χ2n) is 17.1. The Balaban J connectivity index is 1.28. The molecule has 2 fully saturated rings. The number of aromatic hydroxyl groups is 2. The molecule has 7 atom stereocenters. The number of piperazine rings is 1. The number of nitriles is 1. The second kappa shape index (κ2) is 16.1. The molecule has 3 aromatic carbocycles. The van der Waals surface area contributed by atoms with Crippen molar-refractivity contribution < 1.29 is 48.2 Å². The Labute approximate surface area is 360 Å². The van der Waals surface area contributed by atoms with Crippen LogP contribution in [0.3, 0.4) is 0 Å². The number of ether oxygens (including phenoxy) is 6. The summed E-state index contributed by atoms with van der Waals surface area (Å²) in [6.07, 6.45) is 6.14. The number of hydrogen-bond acceptors (Lipinski definition) is 15. The van der Waals surface area contributed by atoms with E-state index in [-0.39, 0.29) is 54.8 Å². The van der Waals surface area contributed by atoms with Gasteiger partial charge in [0.15, 0.2) is 40.0 Å². The summed E-state index contributed by atoms with van der Waals surface area (Å²) in [7, 11) is 5.03. The standard InChI is InChI=1S/C46H54N4O10S/c1-7-8-9-10-11-12-33(52)60-41-24(3)42-43(59-22-58-42)35-30-20-57-45(54)46(27-18-32(55-5)31(51)17-25(27)13-14-48-46)21-61-44(36(35)41)38-37-34-26(15-23(2)40(56-6)39(34)53)16-28(49(37)4)29(19-47)50(30)38/h15,17-18,28-30,37-38,44,48,51,53H,7-14,16,20-22H2,1-6H3/t28-,29-,30-,37-,38?,44+,46+/m0/s1. The maximum absolute atomic E-state index is 14.9. The first-order valence-corrected chi connectivity index (χ1v) is 22.4. The van der Waals surface area contributed by atoms with Gasteiger partial charge in [-0.3, -0.25) is 19.9 Å². The summed E-state index contributed by atoms with van der Waals surface area (Å²) in [5.74, 6) is 1.26. The van der Waals surface area contributed by atoms with Crippen LogP contribution in [0.25, 0.3) is 0 Å². The molecule has 2 saturated heterocycles. The summed E-state index contributed by atoms with van der Waals surface area (Å²) in [5.41, 5.74) is 4.54. The molecular formula is C46H54N4O10S. The van der Waals surface area contributed by atoms with E-state index < -0.39 is 40.9 Å². The van der Waals surface area contributed by atoms with Crippen LogP contribution in [0.5, 0.6) is 40.2 Å². The quantitative estimate of drug-likeness (QED) is 0.124. The largest absolute Gasteiger partial charge is 0.504 e. The number of unbranched alkanes of at least 4 members (excludes halogenated alkanes) is 4. The third-order valence-corrected chi connectivity index (χ3v) is 15.4. The summed E-state index contributed by atoms with van der Waals surface area (Å²) < 4.78 is 36.9. The molecule has 4 bridgehead atoms. The number of hydrogen-bond donors (Lipinski definition) is 3. The average Bonchev–Trinajstić information content (AvgIpc) is 3.74. The summed E-state index contributed by atoms with van der Waals surface area (Å²) in [5, 5.41) is 37.3. The summed E-state index contributed by atoms with van der Waals surface area (Å²) in [4.78, 5) is 33.3. The molecule has 324 valence electrons. The fourth-order valence-electron chi connectivity index (χ4n) is 11.1. The van der Waals surface area contributed by atoms with Crippen molar-refractivity contribution in [3.63, 3.8) is 0 Å². The molecule has 0 radical (unpaired) electrons. The summed E-state index contributed by atoms with van der Waals surface area (Å²) in [6, 6.07) is 5.35. The summed E-state index contributed by atoms with van der Waals surface area (Å²) in [6.45, 7) is 6.16. The number of nitrogens with one attached hydrogen (secondary N) is 1. The van der Waals surface area contributed by atoms with Crippen molar-refractivity contribution in [3.05, 3.63) is 62.7 Å². The number of phenolic OH excluding ortho intramolecular Hbond substituents is 2. The summed E-state index contributed by atoms with van der Waals surface area (Å²) >= 11 is 1.51. The molecule has 7 heterocycles. The van der Waals surface area contributed by atoms with E-state index in [2.05, 4.69) is 34.2 Å². The predicted molar refractivity (Wildman–Crippen MR) is 226 cm³/mol. The molecule has 15 heteroatoms. The van der Waals surface area contributed by atoms with E-state index in [0.717, 1.165) is 47.9 Å². The van der Waals surface area contributed by atoms with Crippen LogP contribution >= 0.6 is 11.8 Å². The van der Waals surface area contributed by atoms with Crippen molar-refractivity contribution in [2.24, 2.45) is 0 Å². The van der Waals surface area contributed by atoms with Crippen molar-refractivity contribution in [2.75, 3.05) is 47.0 Å². The van der Waals surface area contributed by atoms with Crippen molar-refractivity contribution >= 4 is 23.7 Å². The van der Waals surface area contributed by atoms with Crippen molar-refractivity contribution in [1.29, 1.82) is 5.26 Å². The fraction of sp³-hybridized carbons (Fsp3) is 0.543. The van der Waals surface area contributed by atoms with E-state index in [1.807, 2.05) is 20.9 Å². The number of benzene rings is 3. The lowest BCUT2D eigenvalue weighted by molar-refractivity contribution is -0.157. The monoisotopic (exact) mass is 854 g/mol. The molecule has 61 heavy (non-hydrogen) atoms. The lowest BCUT2D eigenvalue weighted by Crippen LogP contribution is -2.69. The minimum atomic E-state index is -1.37. The highest BCUT2D eigenvalue weighted by atomic mass is 32.2. The molecule has 0 saturated carbocycles. The molecule has 0 aliphatic carbocycles. The zero-order chi connectivity index (χ0) is 42.9. The Hall–Kier alpha value is -4.88. The highest BCUT2D eigenvalue weighted by molar-refractivity contribution is 7.99. The van der Waals surface area contributed by atoms with Gasteiger partial charge in [-0.1, -0.05) is 38.7 Å². The lowest BCUT2D eigenvalue weighted by atomic mass is 9.71. The molecule has 7 aliphatic rings. The van der Waals surface area contributed by atoms with Gasteiger partial charge in [0.2, 0.25) is 6.79 Å². The fourth-order valence-corrected chi connectivity index (χ4v) is 12.8. The van der Waals surface area contributed by atoms with Gasteiger partial charge in [-0.05, 0) is 74.5 Å². The van der Waals surface area contributed by atoms with Crippen LogP contribution in [0.15, 0.2) is 18.2 Å². The van der Waals surface area contributed by atoms with Crippen LogP contribution in [0, 0.1) is 25.2 Å². The molecule has 3 aromatic rings. The first-order valence-electron chi connectivity index (χ1n) is 21.4. The Morgan fingerprint density at radius 1 is 1.02 bits per heavy atom. The van der Waals surface area contributed by atoms with E-state index in [1.165, 1.54) is 18.9 Å². The normalized spacial score (nSPS) is 27.3. The van der Waals surface area contributed by atoms with E-state index >= 15 is 0 Å². The van der Waals surface area contributed by atoms with Gasteiger partial charge in [-0.15, -0.1) is 11.8 Å². The molecule has 0 aromatic heterocycles. The average molecular weight is 855 g/mol. The molecular weight excluding hydrogens is 801 g/mol. The minimum Gasteiger partial charge on any atom is -0.504 e. The number of fused-ring (bicyclic) bond motifs is 9. The van der Waals surface area contributed by atoms with E-state index in [0.29, 0.717) is 71.1 Å². The van der Waals surface area contributed by atoms with Crippen molar-refractivity contribution in [1.82, 2.24) is 15.1 Å².